The number of halogens is 5. The lowest BCUT2D eigenvalue weighted by Crippen LogP contribution is -2.31. The number of rotatable bonds is 10. The minimum atomic E-state index is -4.74. The van der Waals surface area contributed by atoms with Crippen LogP contribution in [0.3, 0.4) is 0 Å². The molecule has 2 N–H and O–H groups in total. The summed E-state index contributed by atoms with van der Waals surface area (Å²) in [6.45, 7) is 3.12. The van der Waals surface area contributed by atoms with Crippen LogP contribution in [-0.4, -0.2) is 31.6 Å². The van der Waals surface area contributed by atoms with Gasteiger partial charge in [-0.05, 0) is 49.1 Å². The zero-order chi connectivity index (χ0) is 31.6. The standard InChI is InChI=1S/C30H26ClF4N5O4/c1-3-39-24(16-42-15-18-7-5-4-6-8-18)38-40(29(39)41)20-13-19-11-12-37-28(44-27-21(32)9-10-22(36)26(27)31)25(19)23(14-20)43-17(2)30(33,34)35/h4-14,17H,3,15-16,36H2,1-2H3/t17-/m0/s1. The zero-order valence-electron chi connectivity index (χ0n) is 23.4. The molecule has 230 valence electrons. The van der Waals surface area contributed by atoms with Crippen molar-refractivity contribution in [3.63, 3.8) is 0 Å². The second-order valence-corrected chi connectivity index (χ2v) is 10.1. The van der Waals surface area contributed by atoms with Gasteiger partial charge in [0.1, 0.15) is 17.4 Å². The summed E-state index contributed by atoms with van der Waals surface area (Å²) in [6, 6.07) is 15.9. The predicted octanol–water partition coefficient (Wildman–Crippen LogP) is 6.82. The molecule has 1 atom stereocenters. The highest BCUT2D eigenvalue weighted by atomic mass is 35.5. The minimum Gasteiger partial charge on any atom is -0.480 e. The molecule has 5 rings (SSSR count). The number of hydrogen-bond acceptors (Lipinski definition) is 7. The summed E-state index contributed by atoms with van der Waals surface area (Å²) in [5.41, 5.74) is 6.29. The Kier molecular flexibility index (Phi) is 8.79. The SMILES string of the molecule is CCn1c(COCc2ccccc2)nn(-c2cc(O[C@@H](C)C(F)(F)F)c3c(Oc4c(F)ccc(N)c4Cl)nccc3c2)c1=O. The van der Waals surface area contributed by atoms with Gasteiger partial charge in [0.15, 0.2) is 23.5 Å². The van der Waals surface area contributed by atoms with Gasteiger partial charge in [0.05, 0.1) is 23.4 Å². The van der Waals surface area contributed by atoms with E-state index >= 15 is 0 Å². The Hall–Kier alpha value is -4.62. The molecule has 2 aromatic heterocycles. The Balaban J connectivity index is 1.59. The van der Waals surface area contributed by atoms with Crippen molar-refractivity contribution in [3.8, 4) is 23.1 Å². The molecule has 5 aromatic rings. The normalized spacial score (nSPS) is 12.4. The van der Waals surface area contributed by atoms with Gasteiger partial charge in [-0.2, -0.15) is 17.9 Å². The lowest BCUT2D eigenvalue weighted by molar-refractivity contribution is -0.189. The first-order chi connectivity index (χ1) is 21.0. The van der Waals surface area contributed by atoms with E-state index in [0.717, 1.165) is 23.2 Å². The summed E-state index contributed by atoms with van der Waals surface area (Å²) in [5.74, 6) is -1.67. The molecule has 9 nitrogen and oxygen atoms in total. The van der Waals surface area contributed by atoms with Crippen LogP contribution < -0.4 is 20.9 Å². The number of nitrogen functional groups attached to an aromatic ring is 1. The summed E-state index contributed by atoms with van der Waals surface area (Å²) in [7, 11) is 0. The molecule has 3 aromatic carbocycles. The second-order valence-electron chi connectivity index (χ2n) is 9.67. The van der Waals surface area contributed by atoms with Crippen LogP contribution in [0.1, 0.15) is 25.2 Å². The van der Waals surface area contributed by atoms with Crippen LogP contribution in [-0.2, 0) is 24.5 Å². The van der Waals surface area contributed by atoms with Gasteiger partial charge in [0, 0.05) is 18.8 Å². The molecule has 0 fully saturated rings. The van der Waals surface area contributed by atoms with Gasteiger partial charge in [-0.25, -0.2) is 14.2 Å². The van der Waals surface area contributed by atoms with E-state index in [0.29, 0.717) is 5.82 Å². The first-order valence-electron chi connectivity index (χ1n) is 13.4. The second kappa shape index (κ2) is 12.5. The molecule has 0 spiro atoms. The number of anilines is 1. The molecule has 0 saturated carbocycles. The minimum absolute atomic E-state index is 0.00145. The zero-order valence-corrected chi connectivity index (χ0v) is 24.2. The maximum absolute atomic E-state index is 14.6. The van der Waals surface area contributed by atoms with Gasteiger partial charge in [-0.3, -0.25) is 4.57 Å². The Morgan fingerprint density at radius 2 is 1.82 bits per heavy atom. The number of benzene rings is 3. The number of pyridine rings is 1. The van der Waals surface area contributed by atoms with Crippen LogP contribution in [0.25, 0.3) is 16.5 Å². The van der Waals surface area contributed by atoms with Crippen molar-refractivity contribution in [3.05, 3.63) is 99.6 Å². The van der Waals surface area contributed by atoms with Gasteiger partial charge in [0.25, 0.3) is 0 Å². The lowest BCUT2D eigenvalue weighted by atomic mass is 10.1. The van der Waals surface area contributed by atoms with Crippen LogP contribution >= 0.6 is 11.6 Å². The van der Waals surface area contributed by atoms with Crippen molar-refractivity contribution in [1.82, 2.24) is 19.3 Å². The van der Waals surface area contributed by atoms with Crippen molar-refractivity contribution in [2.75, 3.05) is 5.73 Å². The molecule has 0 bridgehead atoms. The molecule has 0 amide bonds. The van der Waals surface area contributed by atoms with E-state index in [1.54, 1.807) is 6.92 Å². The molecular formula is C30H26ClF4N5O4. The number of hydrogen-bond donors (Lipinski definition) is 1. The average Bonchev–Trinajstić information content (AvgIpc) is 3.31. The molecule has 0 unspecified atom stereocenters. The number of aromatic nitrogens is 4. The summed E-state index contributed by atoms with van der Waals surface area (Å²) >= 11 is 6.15. The average molecular weight is 632 g/mol. The van der Waals surface area contributed by atoms with E-state index in [9.17, 15) is 22.4 Å². The highest BCUT2D eigenvalue weighted by Crippen LogP contribution is 2.41. The number of nitrogens with zero attached hydrogens (tertiary/aromatic N) is 4. The number of alkyl halides is 3. The summed E-state index contributed by atoms with van der Waals surface area (Å²) < 4.78 is 74.8. The molecule has 14 heteroatoms. The third kappa shape index (κ3) is 6.33. The summed E-state index contributed by atoms with van der Waals surface area (Å²) in [5, 5.41) is 4.41. The van der Waals surface area contributed by atoms with E-state index in [1.165, 1.54) is 35.0 Å². The molecule has 0 aliphatic heterocycles. The maximum Gasteiger partial charge on any atom is 0.425 e. The first-order valence-corrected chi connectivity index (χ1v) is 13.7. The number of nitrogens with two attached hydrogens (primary N) is 1. The molecule has 2 heterocycles. The predicted molar refractivity (Wildman–Crippen MR) is 156 cm³/mol. The van der Waals surface area contributed by atoms with Crippen molar-refractivity contribution < 1.29 is 31.8 Å². The third-order valence-electron chi connectivity index (χ3n) is 6.66. The van der Waals surface area contributed by atoms with Crippen molar-refractivity contribution in [2.24, 2.45) is 0 Å². The molecule has 44 heavy (non-hydrogen) atoms. The number of fused-ring (bicyclic) bond motifs is 1. The van der Waals surface area contributed by atoms with Crippen LogP contribution in [0.2, 0.25) is 5.02 Å². The largest absolute Gasteiger partial charge is 0.480 e. The van der Waals surface area contributed by atoms with Crippen LogP contribution in [0, 0.1) is 5.82 Å². The van der Waals surface area contributed by atoms with Crippen molar-refractivity contribution in [1.29, 1.82) is 0 Å². The Morgan fingerprint density at radius 3 is 2.52 bits per heavy atom. The van der Waals surface area contributed by atoms with Gasteiger partial charge in [0.2, 0.25) is 5.88 Å². The fourth-order valence-corrected chi connectivity index (χ4v) is 4.58. The van der Waals surface area contributed by atoms with E-state index in [2.05, 4.69) is 10.1 Å². The van der Waals surface area contributed by atoms with Crippen molar-refractivity contribution in [2.45, 2.75) is 45.9 Å². The summed E-state index contributed by atoms with van der Waals surface area (Å²) in [4.78, 5) is 17.5. The smallest absolute Gasteiger partial charge is 0.425 e. The molecule has 0 aliphatic carbocycles. The Bertz CT molecular complexity index is 1860. The first kappa shape index (κ1) is 30.8. The lowest BCUT2D eigenvalue weighted by Gasteiger charge is -2.20. The Labute approximate surface area is 253 Å². The molecule has 0 aliphatic rings. The fourth-order valence-electron chi connectivity index (χ4n) is 4.38. The monoisotopic (exact) mass is 631 g/mol. The third-order valence-corrected chi connectivity index (χ3v) is 7.05. The van der Waals surface area contributed by atoms with E-state index in [-0.39, 0.29) is 58.6 Å². The van der Waals surface area contributed by atoms with Crippen molar-refractivity contribution >= 4 is 28.1 Å². The van der Waals surface area contributed by atoms with Gasteiger partial charge in [-0.1, -0.05) is 41.9 Å². The highest BCUT2D eigenvalue weighted by Gasteiger charge is 2.38. The fraction of sp³-hybridized carbons (Fsp3) is 0.233. The van der Waals surface area contributed by atoms with Crippen LogP contribution in [0.4, 0.5) is 23.2 Å². The molecule has 0 saturated heterocycles. The quantitative estimate of drug-likeness (QED) is 0.133. The maximum atomic E-state index is 14.6. The Morgan fingerprint density at radius 1 is 1.07 bits per heavy atom. The van der Waals surface area contributed by atoms with E-state index in [1.807, 2.05) is 30.3 Å². The van der Waals surface area contributed by atoms with Gasteiger partial charge in [-0.15, -0.1) is 5.10 Å². The highest BCUT2D eigenvalue weighted by molar-refractivity contribution is 6.34. The topological polar surface area (TPSA) is 106 Å². The van der Waals surface area contributed by atoms with E-state index in [4.69, 9.17) is 31.5 Å². The molecular weight excluding hydrogens is 606 g/mol. The summed E-state index contributed by atoms with van der Waals surface area (Å²) in [6.07, 6.45) is -5.71. The molecule has 0 radical (unpaired) electrons. The van der Waals surface area contributed by atoms with Crippen LogP contribution in [0.15, 0.2) is 71.7 Å². The van der Waals surface area contributed by atoms with E-state index < -0.39 is 29.5 Å². The number of ether oxygens (including phenoxy) is 3. The van der Waals surface area contributed by atoms with Crippen LogP contribution in [0.5, 0.6) is 17.4 Å². The van der Waals surface area contributed by atoms with Gasteiger partial charge >= 0.3 is 11.9 Å². The van der Waals surface area contributed by atoms with Gasteiger partial charge < -0.3 is 19.9 Å².